The van der Waals surface area contributed by atoms with Gasteiger partial charge in [0.15, 0.2) is 0 Å². The molecule has 9 heteroatoms. The zero-order valence-corrected chi connectivity index (χ0v) is 21.1. The van der Waals surface area contributed by atoms with Crippen LogP contribution in [0.5, 0.6) is 11.5 Å². The minimum atomic E-state index is -3.59. The molecule has 180 valence electrons. The summed E-state index contributed by atoms with van der Waals surface area (Å²) in [6.07, 6.45) is 1.28. The molecule has 2 rings (SSSR count). The van der Waals surface area contributed by atoms with E-state index in [0.29, 0.717) is 37.5 Å². The molecule has 0 heterocycles. The first-order chi connectivity index (χ1) is 15.7. The fourth-order valence-corrected chi connectivity index (χ4v) is 4.35. The number of ether oxygens (including phenoxy) is 2. The lowest BCUT2D eigenvalue weighted by Gasteiger charge is -2.24. The third kappa shape index (κ3) is 7.30. The van der Waals surface area contributed by atoms with Gasteiger partial charge in [-0.15, -0.1) is 0 Å². The molecule has 0 bridgehead atoms. The van der Waals surface area contributed by atoms with Crippen LogP contribution in [0, 0.1) is 0 Å². The van der Waals surface area contributed by atoms with Crippen molar-refractivity contribution in [1.29, 1.82) is 0 Å². The Morgan fingerprint density at radius 3 is 2.21 bits per heavy atom. The zero-order valence-electron chi connectivity index (χ0n) is 20.3. The van der Waals surface area contributed by atoms with Crippen molar-refractivity contribution in [2.24, 2.45) is 9.98 Å². The Bertz CT molecular complexity index is 1070. The lowest BCUT2D eigenvalue weighted by Crippen LogP contribution is -2.37. The smallest absolute Gasteiger partial charge is 0.242 e. The Balaban J connectivity index is 2.05. The first kappa shape index (κ1) is 26.3. The third-order valence-corrected chi connectivity index (χ3v) is 7.16. The number of benzene rings is 2. The molecule has 0 aromatic heterocycles. The number of hydrogen-bond donors (Lipinski definition) is 0. The summed E-state index contributed by atoms with van der Waals surface area (Å²) in [7, 11) is 4.81. The van der Waals surface area contributed by atoms with Crippen LogP contribution in [-0.2, 0) is 16.4 Å². The number of amidine groups is 2. The molecule has 0 spiro atoms. The summed E-state index contributed by atoms with van der Waals surface area (Å²) in [5, 5.41) is 0. The predicted molar refractivity (Wildman–Crippen MR) is 133 cm³/mol. The number of likely N-dealkylation sites (N-methyl/N-ethyl adjacent to an activating group) is 2. The maximum atomic E-state index is 12.9. The molecule has 2 aromatic rings. The summed E-state index contributed by atoms with van der Waals surface area (Å²) in [6, 6.07) is 14.2. The van der Waals surface area contributed by atoms with E-state index in [-0.39, 0.29) is 4.90 Å². The van der Waals surface area contributed by atoms with E-state index in [0.717, 1.165) is 17.1 Å². The zero-order chi connectivity index (χ0) is 24.4. The van der Waals surface area contributed by atoms with Gasteiger partial charge in [-0.1, -0.05) is 19.1 Å². The molecule has 2 aromatic carbocycles. The third-order valence-electron chi connectivity index (χ3n) is 5.29. The van der Waals surface area contributed by atoms with Crippen molar-refractivity contribution in [3.05, 3.63) is 54.1 Å². The van der Waals surface area contributed by atoms with Crippen molar-refractivity contribution in [2.75, 3.05) is 48.5 Å². The predicted octanol–water partition coefficient (Wildman–Crippen LogP) is 3.34. The fourth-order valence-electron chi connectivity index (χ4n) is 3.18. The van der Waals surface area contributed by atoms with Crippen LogP contribution in [0.2, 0.25) is 0 Å². The second-order valence-corrected chi connectivity index (χ2v) is 9.52. The molecule has 0 saturated carbocycles. The highest BCUT2D eigenvalue weighted by atomic mass is 32.2. The van der Waals surface area contributed by atoms with E-state index in [2.05, 4.69) is 4.99 Å². The summed E-state index contributed by atoms with van der Waals surface area (Å²) in [5.74, 6) is 2.95. The van der Waals surface area contributed by atoms with Gasteiger partial charge in [-0.05, 0) is 42.0 Å². The topological polar surface area (TPSA) is 83.8 Å². The van der Waals surface area contributed by atoms with Crippen LogP contribution in [-0.4, -0.2) is 77.7 Å². The van der Waals surface area contributed by atoms with Crippen molar-refractivity contribution in [2.45, 2.75) is 24.7 Å². The number of nitrogens with zero attached hydrogens (tertiary/aromatic N) is 4. The average molecular weight is 475 g/mol. The van der Waals surface area contributed by atoms with E-state index < -0.39 is 10.0 Å². The van der Waals surface area contributed by atoms with Crippen LogP contribution in [0.4, 0.5) is 0 Å². The van der Waals surface area contributed by atoms with E-state index in [1.807, 2.05) is 43.1 Å². The number of sulfonamides is 1. The monoisotopic (exact) mass is 474 g/mol. The van der Waals surface area contributed by atoms with Gasteiger partial charge in [-0.3, -0.25) is 4.99 Å². The van der Waals surface area contributed by atoms with Crippen molar-refractivity contribution < 1.29 is 17.9 Å². The standard InChI is InChI=1S/C24H34N4O4S/c1-7-24(26-23(25-2)18-19-9-8-10-21(17-19)32-6)27(3)15-16-28(4)33(29,30)22-13-11-20(31-5)12-14-22/h8-14,17H,7,15-16,18H2,1-6H3. The van der Waals surface area contributed by atoms with Crippen LogP contribution in [0.3, 0.4) is 0 Å². The van der Waals surface area contributed by atoms with E-state index in [9.17, 15) is 8.42 Å². The molecular weight excluding hydrogens is 440 g/mol. The molecule has 0 aliphatic heterocycles. The Kier molecular flexibility index (Phi) is 9.87. The minimum Gasteiger partial charge on any atom is -0.497 e. The highest BCUT2D eigenvalue weighted by Gasteiger charge is 2.21. The van der Waals surface area contributed by atoms with E-state index >= 15 is 0 Å². The van der Waals surface area contributed by atoms with E-state index in [1.165, 1.54) is 4.31 Å². The Labute approximate surface area is 197 Å². The summed E-state index contributed by atoms with van der Waals surface area (Å²) >= 11 is 0. The van der Waals surface area contributed by atoms with E-state index in [1.54, 1.807) is 52.6 Å². The molecule has 0 atom stereocenters. The molecule has 8 nitrogen and oxygen atoms in total. The second-order valence-electron chi connectivity index (χ2n) is 7.47. The lowest BCUT2D eigenvalue weighted by atomic mass is 10.1. The number of rotatable bonds is 10. The van der Waals surface area contributed by atoms with Crippen LogP contribution in [0.25, 0.3) is 0 Å². The Morgan fingerprint density at radius 2 is 1.64 bits per heavy atom. The summed E-state index contributed by atoms with van der Waals surface area (Å²) in [4.78, 5) is 11.3. The molecule has 0 N–H and O–H groups in total. The number of methoxy groups -OCH3 is 2. The van der Waals surface area contributed by atoms with Crippen LogP contribution in [0.15, 0.2) is 63.4 Å². The molecule has 0 aliphatic rings. The maximum absolute atomic E-state index is 12.9. The average Bonchev–Trinajstić information content (AvgIpc) is 2.84. The van der Waals surface area contributed by atoms with Crippen molar-refractivity contribution in [1.82, 2.24) is 9.21 Å². The molecule has 0 radical (unpaired) electrons. The normalized spacial score (nSPS) is 12.7. The van der Waals surface area contributed by atoms with Crippen LogP contribution in [0.1, 0.15) is 18.9 Å². The molecule has 0 saturated heterocycles. The van der Waals surface area contributed by atoms with Gasteiger partial charge in [0.1, 0.15) is 23.2 Å². The van der Waals surface area contributed by atoms with Gasteiger partial charge in [-0.25, -0.2) is 13.4 Å². The molecule has 0 unspecified atom stereocenters. The van der Waals surface area contributed by atoms with Gasteiger partial charge in [0, 0.05) is 47.1 Å². The summed E-state index contributed by atoms with van der Waals surface area (Å²) < 4.78 is 37.5. The Hall–Kier alpha value is -2.91. The van der Waals surface area contributed by atoms with Crippen molar-refractivity contribution in [3.63, 3.8) is 0 Å². The largest absolute Gasteiger partial charge is 0.497 e. The van der Waals surface area contributed by atoms with Crippen molar-refractivity contribution in [3.8, 4) is 11.5 Å². The molecule has 0 aliphatic carbocycles. The first-order valence-electron chi connectivity index (χ1n) is 10.7. The summed E-state index contributed by atoms with van der Waals surface area (Å²) in [6.45, 7) is 2.83. The van der Waals surface area contributed by atoms with Gasteiger partial charge in [0.05, 0.1) is 19.1 Å². The molecule has 33 heavy (non-hydrogen) atoms. The fraction of sp³-hybridized carbons (Fsp3) is 0.417. The molecule has 0 fully saturated rings. The Morgan fingerprint density at radius 1 is 0.970 bits per heavy atom. The van der Waals surface area contributed by atoms with Gasteiger partial charge >= 0.3 is 0 Å². The van der Waals surface area contributed by atoms with Crippen LogP contribution < -0.4 is 9.47 Å². The lowest BCUT2D eigenvalue weighted by molar-refractivity contribution is 0.404. The first-order valence-corrected chi connectivity index (χ1v) is 12.2. The number of hydrogen-bond acceptors (Lipinski definition) is 5. The van der Waals surface area contributed by atoms with Gasteiger partial charge < -0.3 is 14.4 Å². The van der Waals surface area contributed by atoms with E-state index in [4.69, 9.17) is 14.5 Å². The van der Waals surface area contributed by atoms with Gasteiger partial charge in [0.2, 0.25) is 10.0 Å². The highest BCUT2D eigenvalue weighted by Crippen LogP contribution is 2.18. The highest BCUT2D eigenvalue weighted by molar-refractivity contribution is 7.89. The maximum Gasteiger partial charge on any atom is 0.242 e. The SMILES string of the molecule is CCC(=NC(Cc1cccc(OC)c1)=NC)N(C)CCN(C)S(=O)(=O)c1ccc(OC)cc1. The van der Waals surface area contributed by atoms with Gasteiger partial charge in [0.25, 0.3) is 0 Å². The van der Waals surface area contributed by atoms with Crippen LogP contribution >= 0.6 is 0 Å². The minimum absolute atomic E-state index is 0.233. The van der Waals surface area contributed by atoms with Crippen molar-refractivity contribution >= 4 is 21.7 Å². The molecule has 0 amide bonds. The van der Waals surface area contributed by atoms with Gasteiger partial charge in [-0.2, -0.15) is 4.31 Å². The number of aliphatic imine (C=N–C) groups is 2. The summed E-state index contributed by atoms with van der Waals surface area (Å²) in [5.41, 5.74) is 1.06. The quantitative estimate of drug-likeness (QED) is 0.390. The second kappa shape index (κ2) is 12.4. The molecular formula is C24H34N4O4S.